The van der Waals surface area contributed by atoms with Crippen molar-refractivity contribution in [1.82, 2.24) is 5.32 Å². The first-order valence-corrected chi connectivity index (χ1v) is 6.87. The predicted molar refractivity (Wildman–Crippen MR) is 75.7 cm³/mol. The summed E-state index contributed by atoms with van der Waals surface area (Å²) in [5.74, 6) is 0. The van der Waals surface area contributed by atoms with E-state index < -0.39 is 0 Å². The third kappa shape index (κ3) is 3.82. The molecule has 1 fully saturated rings. The standard InChI is InChI=1S/C16H25NO/c1-12-6-5-7-13(8-12)15-11-17-10-14(18-15)9-16(2,3)4/h5-8,14-15,17H,9-11H2,1-4H3. The molecule has 2 rings (SSSR count). The molecule has 1 aliphatic rings. The van der Waals surface area contributed by atoms with Crippen molar-refractivity contribution in [3.8, 4) is 0 Å². The van der Waals surface area contributed by atoms with Crippen molar-refractivity contribution in [2.45, 2.75) is 46.3 Å². The molecule has 0 radical (unpaired) electrons. The first kappa shape index (κ1) is 13.6. The molecular formula is C16H25NO. The second kappa shape index (κ2) is 5.41. The van der Waals surface area contributed by atoms with Gasteiger partial charge in [-0.05, 0) is 24.3 Å². The van der Waals surface area contributed by atoms with Gasteiger partial charge in [-0.3, -0.25) is 0 Å². The molecular weight excluding hydrogens is 222 g/mol. The molecule has 1 aliphatic heterocycles. The molecule has 2 atom stereocenters. The smallest absolute Gasteiger partial charge is 0.0953 e. The predicted octanol–water partition coefficient (Wildman–Crippen LogP) is 3.46. The van der Waals surface area contributed by atoms with E-state index in [2.05, 4.69) is 57.3 Å². The van der Waals surface area contributed by atoms with Crippen LogP contribution in [-0.4, -0.2) is 19.2 Å². The Kier molecular flexibility index (Phi) is 4.08. The van der Waals surface area contributed by atoms with Crippen molar-refractivity contribution in [3.05, 3.63) is 35.4 Å². The lowest BCUT2D eigenvalue weighted by Gasteiger charge is -2.34. The van der Waals surface area contributed by atoms with Gasteiger partial charge in [0.2, 0.25) is 0 Å². The maximum absolute atomic E-state index is 6.24. The largest absolute Gasteiger partial charge is 0.368 e. The average Bonchev–Trinajstić information content (AvgIpc) is 2.27. The minimum Gasteiger partial charge on any atom is -0.368 e. The van der Waals surface area contributed by atoms with Crippen molar-refractivity contribution < 1.29 is 4.74 Å². The average molecular weight is 247 g/mol. The zero-order valence-corrected chi connectivity index (χ0v) is 12.0. The highest BCUT2D eigenvalue weighted by atomic mass is 16.5. The maximum Gasteiger partial charge on any atom is 0.0953 e. The SMILES string of the molecule is Cc1cccc(C2CNCC(CC(C)(C)C)O2)c1. The van der Waals surface area contributed by atoms with Crippen molar-refractivity contribution in [3.63, 3.8) is 0 Å². The van der Waals surface area contributed by atoms with E-state index in [0.29, 0.717) is 11.5 Å². The molecule has 0 spiro atoms. The summed E-state index contributed by atoms with van der Waals surface area (Å²) in [5, 5.41) is 3.50. The third-order valence-corrected chi connectivity index (χ3v) is 3.31. The van der Waals surface area contributed by atoms with Gasteiger partial charge in [-0.25, -0.2) is 0 Å². The van der Waals surface area contributed by atoms with E-state index in [1.165, 1.54) is 11.1 Å². The Balaban J connectivity index is 2.02. The first-order chi connectivity index (χ1) is 8.44. The quantitative estimate of drug-likeness (QED) is 0.864. The Morgan fingerprint density at radius 2 is 2.06 bits per heavy atom. The molecule has 1 saturated heterocycles. The van der Waals surface area contributed by atoms with Crippen LogP contribution in [0.25, 0.3) is 0 Å². The van der Waals surface area contributed by atoms with Crippen LogP contribution in [-0.2, 0) is 4.74 Å². The molecule has 2 heteroatoms. The molecule has 1 aromatic rings. The number of hydrogen-bond acceptors (Lipinski definition) is 2. The maximum atomic E-state index is 6.24. The fourth-order valence-electron chi connectivity index (χ4n) is 2.57. The highest BCUT2D eigenvalue weighted by Crippen LogP contribution is 2.28. The number of hydrogen-bond donors (Lipinski definition) is 1. The Morgan fingerprint density at radius 1 is 1.28 bits per heavy atom. The molecule has 18 heavy (non-hydrogen) atoms. The summed E-state index contributed by atoms with van der Waals surface area (Å²) in [5.41, 5.74) is 2.91. The van der Waals surface area contributed by atoms with E-state index >= 15 is 0 Å². The number of benzene rings is 1. The highest BCUT2D eigenvalue weighted by Gasteiger charge is 2.26. The monoisotopic (exact) mass is 247 g/mol. The van der Waals surface area contributed by atoms with Crippen LogP contribution in [0.1, 0.15) is 44.4 Å². The van der Waals surface area contributed by atoms with E-state index in [-0.39, 0.29) is 6.10 Å². The van der Waals surface area contributed by atoms with Gasteiger partial charge in [-0.1, -0.05) is 50.6 Å². The summed E-state index contributed by atoms with van der Waals surface area (Å²) in [6.07, 6.45) is 1.62. The molecule has 1 aromatic carbocycles. The third-order valence-electron chi connectivity index (χ3n) is 3.31. The summed E-state index contributed by atoms with van der Waals surface area (Å²) >= 11 is 0. The van der Waals surface area contributed by atoms with Crippen molar-refractivity contribution in [2.24, 2.45) is 5.41 Å². The Bertz CT molecular complexity index is 394. The molecule has 0 amide bonds. The van der Waals surface area contributed by atoms with Crippen molar-refractivity contribution in [1.29, 1.82) is 0 Å². The van der Waals surface area contributed by atoms with Gasteiger partial charge in [0.1, 0.15) is 0 Å². The van der Waals surface area contributed by atoms with Gasteiger partial charge >= 0.3 is 0 Å². The van der Waals surface area contributed by atoms with Crippen LogP contribution in [0.3, 0.4) is 0 Å². The van der Waals surface area contributed by atoms with E-state index in [1.807, 2.05) is 0 Å². The number of morpholine rings is 1. The molecule has 100 valence electrons. The minimum absolute atomic E-state index is 0.200. The summed E-state index contributed by atoms with van der Waals surface area (Å²) in [6, 6.07) is 8.64. The summed E-state index contributed by atoms with van der Waals surface area (Å²) in [4.78, 5) is 0. The lowest BCUT2D eigenvalue weighted by atomic mass is 9.88. The Labute approximate surface area is 111 Å². The van der Waals surface area contributed by atoms with Crippen LogP contribution < -0.4 is 5.32 Å². The summed E-state index contributed by atoms with van der Waals surface area (Å²) in [6.45, 7) is 10.8. The van der Waals surface area contributed by atoms with E-state index in [9.17, 15) is 0 Å². The molecule has 1 N–H and O–H groups in total. The second-order valence-electron chi connectivity index (χ2n) is 6.58. The van der Waals surface area contributed by atoms with E-state index in [4.69, 9.17) is 4.74 Å². The van der Waals surface area contributed by atoms with Crippen LogP contribution in [0, 0.1) is 12.3 Å². The number of aryl methyl sites for hydroxylation is 1. The first-order valence-electron chi connectivity index (χ1n) is 6.87. The van der Waals surface area contributed by atoms with E-state index in [0.717, 1.165) is 19.5 Å². The molecule has 0 saturated carbocycles. The fraction of sp³-hybridized carbons (Fsp3) is 0.625. The van der Waals surface area contributed by atoms with Crippen LogP contribution in [0.15, 0.2) is 24.3 Å². The summed E-state index contributed by atoms with van der Waals surface area (Å²) in [7, 11) is 0. The minimum atomic E-state index is 0.200. The Hall–Kier alpha value is -0.860. The summed E-state index contributed by atoms with van der Waals surface area (Å²) < 4.78 is 6.24. The van der Waals surface area contributed by atoms with Gasteiger partial charge in [-0.15, -0.1) is 0 Å². The number of rotatable bonds is 2. The van der Waals surface area contributed by atoms with Gasteiger partial charge < -0.3 is 10.1 Å². The van der Waals surface area contributed by atoms with Crippen LogP contribution in [0.2, 0.25) is 0 Å². The molecule has 0 aromatic heterocycles. The number of nitrogens with one attached hydrogen (secondary N) is 1. The van der Waals surface area contributed by atoms with Crippen molar-refractivity contribution >= 4 is 0 Å². The van der Waals surface area contributed by atoms with Gasteiger partial charge in [0, 0.05) is 13.1 Å². The van der Waals surface area contributed by atoms with Crippen molar-refractivity contribution in [2.75, 3.05) is 13.1 Å². The van der Waals surface area contributed by atoms with E-state index in [1.54, 1.807) is 0 Å². The molecule has 0 aliphatic carbocycles. The zero-order chi connectivity index (χ0) is 13.2. The molecule has 0 bridgehead atoms. The molecule has 2 nitrogen and oxygen atoms in total. The second-order valence-corrected chi connectivity index (χ2v) is 6.58. The van der Waals surface area contributed by atoms with Gasteiger partial charge in [-0.2, -0.15) is 0 Å². The highest BCUT2D eigenvalue weighted by molar-refractivity contribution is 5.24. The number of ether oxygens (including phenoxy) is 1. The van der Waals surface area contributed by atoms with Gasteiger partial charge in [0.15, 0.2) is 0 Å². The zero-order valence-electron chi connectivity index (χ0n) is 12.0. The topological polar surface area (TPSA) is 21.3 Å². The normalized spacial score (nSPS) is 25.1. The molecule has 1 heterocycles. The van der Waals surface area contributed by atoms with Gasteiger partial charge in [0.05, 0.1) is 12.2 Å². The van der Waals surface area contributed by atoms with Crippen LogP contribution in [0.4, 0.5) is 0 Å². The van der Waals surface area contributed by atoms with Crippen LogP contribution in [0.5, 0.6) is 0 Å². The molecule has 2 unspecified atom stereocenters. The fourth-order valence-corrected chi connectivity index (χ4v) is 2.57. The van der Waals surface area contributed by atoms with Crippen LogP contribution >= 0.6 is 0 Å². The lowest BCUT2D eigenvalue weighted by Crippen LogP contribution is -2.42. The lowest BCUT2D eigenvalue weighted by molar-refractivity contribution is -0.0552. The Morgan fingerprint density at radius 3 is 2.72 bits per heavy atom. The van der Waals surface area contributed by atoms with Gasteiger partial charge in [0.25, 0.3) is 0 Å².